The highest BCUT2D eigenvalue weighted by atomic mass is 127. The van der Waals surface area contributed by atoms with E-state index in [2.05, 4.69) is 25.4 Å². The zero-order valence-corrected chi connectivity index (χ0v) is 22.0. The Kier molecular flexibility index (Phi) is 10.1. The van der Waals surface area contributed by atoms with Crippen molar-refractivity contribution in [2.24, 2.45) is 4.99 Å². The number of hydrogen-bond donors (Lipinski definition) is 2. The topological polar surface area (TPSA) is 52.1 Å². The fourth-order valence-electron chi connectivity index (χ4n) is 5.32. The summed E-state index contributed by atoms with van der Waals surface area (Å²) in [6, 6.07) is 4.54. The Morgan fingerprint density at radius 1 is 1.09 bits per heavy atom. The summed E-state index contributed by atoms with van der Waals surface area (Å²) in [6.07, 6.45) is 6.71. The van der Waals surface area contributed by atoms with Crippen LogP contribution in [0.2, 0.25) is 0 Å². The van der Waals surface area contributed by atoms with Gasteiger partial charge in [-0.25, -0.2) is 8.78 Å². The Labute approximate surface area is 213 Å². The maximum absolute atomic E-state index is 13.5. The highest BCUT2D eigenvalue weighted by Crippen LogP contribution is 2.30. The van der Waals surface area contributed by atoms with Gasteiger partial charge in [-0.05, 0) is 69.3 Å². The predicted octanol–water partition coefficient (Wildman–Crippen LogP) is 3.36. The fourth-order valence-corrected chi connectivity index (χ4v) is 5.32. The Bertz CT molecular complexity index is 776. The smallest absolute Gasteiger partial charge is 0.191 e. The van der Waals surface area contributed by atoms with Crippen LogP contribution < -0.4 is 10.6 Å². The van der Waals surface area contributed by atoms with Crippen LogP contribution in [0.1, 0.15) is 44.1 Å². The first-order valence-electron chi connectivity index (χ1n) is 12.0. The molecule has 0 spiro atoms. The van der Waals surface area contributed by atoms with Gasteiger partial charge in [0.15, 0.2) is 17.6 Å². The van der Waals surface area contributed by atoms with E-state index in [0.717, 1.165) is 70.1 Å². The van der Waals surface area contributed by atoms with Crippen LogP contribution in [0.25, 0.3) is 0 Å². The van der Waals surface area contributed by atoms with Gasteiger partial charge in [0.1, 0.15) is 0 Å². The minimum Gasteiger partial charge on any atom is -0.381 e. The Morgan fingerprint density at radius 3 is 2.42 bits per heavy atom. The second-order valence-electron chi connectivity index (χ2n) is 9.40. The van der Waals surface area contributed by atoms with Crippen molar-refractivity contribution >= 4 is 29.9 Å². The SMILES string of the molecule is CN=C(NCC1(N2CCCC2)CCOCC1)NC1CCN(Cc2ccc(F)c(F)c2)CC1.I. The molecule has 4 rings (SSSR count). The van der Waals surface area contributed by atoms with Gasteiger partial charge in [-0.2, -0.15) is 0 Å². The highest BCUT2D eigenvalue weighted by Gasteiger charge is 2.39. The molecule has 0 aliphatic carbocycles. The lowest BCUT2D eigenvalue weighted by Crippen LogP contribution is -2.59. The number of likely N-dealkylation sites (tertiary alicyclic amines) is 2. The number of halogens is 3. The molecule has 9 heteroatoms. The standard InChI is InChI=1S/C24H37F2N5O.HI/c1-27-23(28-18-24(8-14-32-15-9-24)31-10-2-3-11-31)29-20-6-12-30(13-7-20)17-19-4-5-21(25)22(26)16-19;/h4-5,16,20H,2-3,6-15,17-18H2,1H3,(H2,27,28,29);1H. The first-order chi connectivity index (χ1) is 15.6. The molecule has 0 radical (unpaired) electrons. The van der Waals surface area contributed by atoms with Gasteiger partial charge in [-0.15, -0.1) is 24.0 Å². The van der Waals surface area contributed by atoms with E-state index in [1.807, 2.05) is 7.05 Å². The number of ether oxygens (including phenoxy) is 1. The summed E-state index contributed by atoms with van der Waals surface area (Å²) in [5.74, 6) is -0.693. The van der Waals surface area contributed by atoms with E-state index in [-0.39, 0.29) is 29.5 Å². The predicted molar refractivity (Wildman–Crippen MR) is 138 cm³/mol. The van der Waals surface area contributed by atoms with Gasteiger partial charge in [0, 0.05) is 58.0 Å². The molecule has 0 aromatic heterocycles. The lowest BCUT2D eigenvalue weighted by atomic mass is 9.88. The molecule has 33 heavy (non-hydrogen) atoms. The number of hydrogen-bond acceptors (Lipinski definition) is 4. The van der Waals surface area contributed by atoms with Crippen molar-refractivity contribution in [1.82, 2.24) is 20.4 Å². The number of aliphatic imine (C=N–C) groups is 1. The molecule has 1 aromatic carbocycles. The van der Waals surface area contributed by atoms with Crippen LogP contribution in [0.15, 0.2) is 23.2 Å². The van der Waals surface area contributed by atoms with Gasteiger partial charge in [-0.3, -0.25) is 14.8 Å². The number of guanidine groups is 1. The third-order valence-corrected chi connectivity index (χ3v) is 7.33. The Morgan fingerprint density at radius 2 is 1.79 bits per heavy atom. The number of nitrogens with zero attached hydrogens (tertiary/aromatic N) is 3. The van der Waals surface area contributed by atoms with E-state index < -0.39 is 11.6 Å². The Balaban J connectivity index is 0.00000306. The van der Waals surface area contributed by atoms with Crippen molar-refractivity contribution in [3.63, 3.8) is 0 Å². The second-order valence-corrected chi connectivity index (χ2v) is 9.40. The van der Waals surface area contributed by atoms with Crippen molar-refractivity contribution in [1.29, 1.82) is 0 Å². The van der Waals surface area contributed by atoms with Crippen LogP contribution in [0.4, 0.5) is 8.78 Å². The van der Waals surface area contributed by atoms with Crippen LogP contribution in [-0.4, -0.2) is 80.3 Å². The van der Waals surface area contributed by atoms with Gasteiger partial charge in [0.2, 0.25) is 0 Å². The minimum absolute atomic E-state index is 0. The second kappa shape index (κ2) is 12.6. The van der Waals surface area contributed by atoms with E-state index in [4.69, 9.17) is 4.74 Å². The molecule has 6 nitrogen and oxygen atoms in total. The summed E-state index contributed by atoms with van der Waals surface area (Å²) < 4.78 is 32.3. The fraction of sp³-hybridized carbons (Fsp3) is 0.708. The summed E-state index contributed by atoms with van der Waals surface area (Å²) in [4.78, 5) is 9.44. The van der Waals surface area contributed by atoms with Gasteiger partial charge < -0.3 is 15.4 Å². The van der Waals surface area contributed by atoms with Crippen molar-refractivity contribution in [3.05, 3.63) is 35.4 Å². The third kappa shape index (κ3) is 6.99. The summed E-state index contributed by atoms with van der Waals surface area (Å²) in [7, 11) is 1.83. The zero-order chi connectivity index (χ0) is 22.4. The van der Waals surface area contributed by atoms with E-state index in [0.29, 0.717) is 12.6 Å². The number of rotatable bonds is 6. The van der Waals surface area contributed by atoms with Crippen molar-refractivity contribution < 1.29 is 13.5 Å². The van der Waals surface area contributed by atoms with Crippen LogP contribution in [0.5, 0.6) is 0 Å². The van der Waals surface area contributed by atoms with Crippen LogP contribution in [0.3, 0.4) is 0 Å². The molecule has 3 aliphatic rings. The highest BCUT2D eigenvalue weighted by molar-refractivity contribution is 14.0. The molecule has 3 saturated heterocycles. The Hall–Kier alpha value is -1.04. The number of piperidine rings is 1. The lowest BCUT2D eigenvalue weighted by Gasteiger charge is -2.45. The van der Waals surface area contributed by atoms with E-state index in [1.165, 1.54) is 38.1 Å². The minimum atomic E-state index is -0.789. The maximum atomic E-state index is 13.5. The largest absolute Gasteiger partial charge is 0.381 e. The van der Waals surface area contributed by atoms with E-state index >= 15 is 0 Å². The quantitative estimate of drug-likeness (QED) is 0.309. The molecule has 2 N–H and O–H groups in total. The van der Waals surface area contributed by atoms with Crippen molar-refractivity contribution in [2.45, 2.75) is 56.7 Å². The molecular formula is C24H38F2IN5O. The third-order valence-electron chi connectivity index (χ3n) is 7.33. The van der Waals surface area contributed by atoms with E-state index in [1.54, 1.807) is 6.07 Å². The monoisotopic (exact) mass is 577 g/mol. The van der Waals surface area contributed by atoms with Gasteiger partial charge in [0.05, 0.1) is 0 Å². The molecule has 0 bridgehead atoms. The molecule has 0 saturated carbocycles. The van der Waals surface area contributed by atoms with Gasteiger partial charge in [0.25, 0.3) is 0 Å². The number of nitrogens with one attached hydrogen (secondary N) is 2. The normalized spacial score (nSPS) is 22.7. The first-order valence-corrected chi connectivity index (χ1v) is 12.0. The maximum Gasteiger partial charge on any atom is 0.191 e. The van der Waals surface area contributed by atoms with Crippen LogP contribution >= 0.6 is 24.0 Å². The lowest BCUT2D eigenvalue weighted by molar-refractivity contribution is -0.0164. The summed E-state index contributed by atoms with van der Waals surface area (Å²) in [5.41, 5.74) is 0.983. The molecule has 0 amide bonds. The van der Waals surface area contributed by atoms with Crippen LogP contribution in [-0.2, 0) is 11.3 Å². The van der Waals surface area contributed by atoms with Crippen molar-refractivity contribution in [2.75, 3.05) is 53.0 Å². The van der Waals surface area contributed by atoms with Gasteiger partial charge in [-0.1, -0.05) is 6.07 Å². The average Bonchev–Trinajstić information content (AvgIpc) is 3.37. The van der Waals surface area contributed by atoms with Crippen molar-refractivity contribution in [3.8, 4) is 0 Å². The van der Waals surface area contributed by atoms with Gasteiger partial charge >= 0.3 is 0 Å². The molecule has 1 aromatic rings. The number of benzene rings is 1. The average molecular weight is 578 g/mol. The molecule has 0 atom stereocenters. The first kappa shape index (κ1) is 26.6. The zero-order valence-electron chi connectivity index (χ0n) is 19.6. The summed E-state index contributed by atoms with van der Waals surface area (Å²) in [6.45, 7) is 7.42. The molecule has 0 unspecified atom stereocenters. The molecule has 3 aliphatic heterocycles. The molecule has 3 fully saturated rings. The van der Waals surface area contributed by atoms with E-state index in [9.17, 15) is 8.78 Å². The van der Waals surface area contributed by atoms with Crippen LogP contribution in [0, 0.1) is 11.6 Å². The molecule has 186 valence electrons. The summed E-state index contributed by atoms with van der Waals surface area (Å²) >= 11 is 0. The molecule has 3 heterocycles. The molecular weight excluding hydrogens is 539 g/mol. The summed E-state index contributed by atoms with van der Waals surface area (Å²) in [5, 5.41) is 7.22.